The number of hydrogen-bond donors (Lipinski definition) is 4. The number of carbonyl (C=O) groups excluding carboxylic acids is 2. The first kappa shape index (κ1) is 31.0. The summed E-state index contributed by atoms with van der Waals surface area (Å²) in [7, 11) is 1.58. The smallest absolute Gasteiger partial charge is 0.271 e. The summed E-state index contributed by atoms with van der Waals surface area (Å²) in [4.78, 5) is 45.4. The molecule has 1 saturated carbocycles. The van der Waals surface area contributed by atoms with Gasteiger partial charge in [0.25, 0.3) is 11.5 Å². The number of methoxy groups -OCH3 is 1. The minimum Gasteiger partial charge on any atom is -0.481 e. The third-order valence-electron chi connectivity index (χ3n) is 8.09. The van der Waals surface area contributed by atoms with Gasteiger partial charge in [-0.1, -0.05) is 24.3 Å². The maximum Gasteiger partial charge on any atom is 0.271 e. The summed E-state index contributed by atoms with van der Waals surface area (Å²) < 4.78 is 5.20. The Bertz CT molecular complexity index is 1610. The molecule has 0 aliphatic heterocycles. The van der Waals surface area contributed by atoms with E-state index in [0.717, 1.165) is 35.2 Å². The van der Waals surface area contributed by atoms with Crippen LogP contribution in [0.5, 0.6) is 5.88 Å². The number of nitrogens with one attached hydrogen (secondary N) is 2. The number of amides is 2. The van der Waals surface area contributed by atoms with Crippen LogP contribution in [0.2, 0.25) is 0 Å². The summed E-state index contributed by atoms with van der Waals surface area (Å²) in [6.45, 7) is 2.52. The minimum absolute atomic E-state index is 0. The third-order valence-corrected chi connectivity index (χ3v) is 8.09. The van der Waals surface area contributed by atoms with Gasteiger partial charge in [-0.15, -0.1) is 12.4 Å². The molecule has 0 radical (unpaired) electrons. The van der Waals surface area contributed by atoms with Gasteiger partial charge >= 0.3 is 0 Å². The molecule has 2 aromatic carbocycles. The molecular formula is C31H37ClN6O4. The number of aryl methyl sites for hydroxylation is 1. The number of rotatable bonds is 8. The van der Waals surface area contributed by atoms with Crippen molar-refractivity contribution in [3.05, 3.63) is 76.2 Å². The molecule has 11 heteroatoms. The summed E-state index contributed by atoms with van der Waals surface area (Å²) in [5.41, 5.74) is 16.6. The van der Waals surface area contributed by atoms with Crippen LogP contribution in [0.15, 0.2) is 59.4 Å². The molecule has 1 atom stereocenters. The molecule has 5 rings (SSSR count). The monoisotopic (exact) mass is 592 g/mol. The maximum absolute atomic E-state index is 13.8. The van der Waals surface area contributed by atoms with E-state index in [4.69, 9.17) is 16.2 Å². The van der Waals surface area contributed by atoms with Crippen molar-refractivity contribution < 1.29 is 14.3 Å². The quantitative estimate of drug-likeness (QED) is 0.242. The van der Waals surface area contributed by atoms with Crippen LogP contribution in [0.3, 0.4) is 0 Å². The highest BCUT2D eigenvalue weighted by Gasteiger charge is 2.35. The largest absolute Gasteiger partial charge is 0.481 e. The van der Waals surface area contributed by atoms with Crippen LogP contribution < -0.4 is 26.7 Å². The number of hydrogen-bond acceptors (Lipinski definition) is 7. The summed E-state index contributed by atoms with van der Waals surface area (Å²) in [5, 5.41) is 5.80. The number of fused-ring (bicyclic) bond motifs is 1. The number of anilines is 1. The molecule has 2 aromatic heterocycles. The van der Waals surface area contributed by atoms with E-state index in [0.29, 0.717) is 47.8 Å². The molecule has 2 amide bonds. The van der Waals surface area contributed by atoms with Crippen LogP contribution in [0.25, 0.3) is 22.0 Å². The van der Waals surface area contributed by atoms with Crippen LogP contribution in [0.4, 0.5) is 5.69 Å². The minimum atomic E-state index is -0.949. The fourth-order valence-corrected chi connectivity index (χ4v) is 5.64. The van der Waals surface area contributed by atoms with Gasteiger partial charge < -0.3 is 16.2 Å². The molecule has 222 valence electrons. The second kappa shape index (κ2) is 13.3. The zero-order valence-corrected chi connectivity index (χ0v) is 24.6. The van der Waals surface area contributed by atoms with E-state index in [9.17, 15) is 14.4 Å². The highest BCUT2D eigenvalue weighted by atomic mass is 35.5. The van der Waals surface area contributed by atoms with Crippen molar-refractivity contribution in [2.24, 2.45) is 23.3 Å². The predicted octanol–water partition coefficient (Wildman–Crippen LogP) is 3.85. The molecule has 4 aromatic rings. The van der Waals surface area contributed by atoms with Crippen molar-refractivity contribution in [3.8, 4) is 17.0 Å². The van der Waals surface area contributed by atoms with Gasteiger partial charge in [-0.2, -0.15) is 0 Å². The van der Waals surface area contributed by atoms with Gasteiger partial charge in [-0.25, -0.2) is 9.88 Å². The number of pyridine rings is 1. The van der Waals surface area contributed by atoms with E-state index in [2.05, 4.69) is 15.2 Å². The third kappa shape index (κ3) is 6.41. The average molecular weight is 593 g/mol. The van der Waals surface area contributed by atoms with Crippen LogP contribution in [0, 0.1) is 18.8 Å². The standard InChI is InChI=1S/C31H36N6O4.ClH/c1-18-24(13-14-28(34-18)41-2)21-7-3-19(4-8-21)15-26(33)31(40)37(30(39)22-9-5-20(17-32)6-10-22)23-11-12-25-27(16-23)35-36-29(25)38;/h3-4,7-8,11-14,16,20,22,26H,5-6,9-10,15,17,32-33H2,1-2H3,(H2,35,36,38);1H/t20?,22?,26-;/m0./s1. The first-order valence-corrected chi connectivity index (χ1v) is 13.9. The van der Waals surface area contributed by atoms with E-state index >= 15 is 0 Å². The number of aromatic nitrogens is 3. The second-order valence-corrected chi connectivity index (χ2v) is 10.8. The van der Waals surface area contributed by atoms with Crippen LogP contribution >= 0.6 is 12.4 Å². The lowest BCUT2D eigenvalue weighted by molar-refractivity contribution is -0.130. The van der Waals surface area contributed by atoms with Gasteiger partial charge in [0.1, 0.15) is 0 Å². The number of carbonyl (C=O) groups is 2. The van der Waals surface area contributed by atoms with Gasteiger partial charge in [-0.05, 0) is 86.9 Å². The number of benzene rings is 2. The summed E-state index contributed by atoms with van der Waals surface area (Å²) >= 11 is 0. The van der Waals surface area contributed by atoms with Crippen LogP contribution in [-0.4, -0.2) is 46.7 Å². The number of nitrogens with two attached hydrogens (primary N) is 2. The molecule has 1 aliphatic carbocycles. The molecule has 42 heavy (non-hydrogen) atoms. The van der Waals surface area contributed by atoms with Crippen LogP contribution in [0.1, 0.15) is 36.9 Å². The average Bonchev–Trinajstić information content (AvgIpc) is 3.37. The number of imide groups is 1. The SMILES string of the molecule is COc1ccc(-c2ccc(C[C@H](N)C(=O)N(C(=O)C3CCC(CN)CC3)c3ccc4c(=O)[nH][nH]c4c3)cc2)c(C)n1.Cl. The molecule has 10 nitrogen and oxygen atoms in total. The highest BCUT2D eigenvalue weighted by molar-refractivity contribution is 6.17. The topological polar surface area (TPSA) is 160 Å². The Kier molecular flexibility index (Phi) is 9.82. The predicted molar refractivity (Wildman–Crippen MR) is 166 cm³/mol. The van der Waals surface area contributed by atoms with Crippen molar-refractivity contribution in [3.63, 3.8) is 0 Å². The molecule has 1 fully saturated rings. The Balaban J connectivity index is 0.00000405. The lowest BCUT2D eigenvalue weighted by Crippen LogP contribution is -2.50. The van der Waals surface area contributed by atoms with Gasteiger partial charge in [0.05, 0.1) is 29.7 Å². The Morgan fingerprint density at radius 3 is 2.40 bits per heavy atom. The molecule has 6 N–H and O–H groups in total. The zero-order chi connectivity index (χ0) is 29.1. The number of H-pyrrole nitrogens is 2. The van der Waals surface area contributed by atoms with Gasteiger partial charge in [-0.3, -0.25) is 24.6 Å². The van der Waals surface area contributed by atoms with Gasteiger partial charge in [0.2, 0.25) is 11.8 Å². The zero-order valence-electron chi connectivity index (χ0n) is 23.8. The van der Waals surface area contributed by atoms with Crippen molar-refractivity contribution in [1.82, 2.24) is 15.2 Å². The first-order valence-electron chi connectivity index (χ1n) is 13.9. The van der Waals surface area contributed by atoms with Crippen molar-refractivity contribution in [1.29, 1.82) is 0 Å². The maximum atomic E-state index is 13.8. The van der Waals surface area contributed by atoms with E-state index in [1.54, 1.807) is 25.3 Å². The van der Waals surface area contributed by atoms with E-state index < -0.39 is 11.9 Å². The second-order valence-electron chi connectivity index (χ2n) is 10.8. The molecule has 1 aliphatic rings. The van der Waals surface area contributed by atoms with Crippen molar-refractivity contribution >= 4 is 40.8 Å². The normalized spacial score (nSPS) is 17.3. The molecular weight excluding hydrogens is 556 g/mol. The number of ether oxygens (including phenoxy) is 1. The van der Waals surface area contributed by atoms with Crippen LogP contribution in [-0.2, 0) is 16.0 Å². The Morgan fingerprint density at radius 2 is 1.76 bits per heavy atom. The summed E-state index contributed by atoms with van der Waals surface area (Å²) in [6, 6.07) is 15.5. The Morgan fingerprint density at radius 1 is 1.05 bits per heavy atom. The van der Waals surface area contributed by atoms with Gasteiger partial charge in [0.15, 0.2) is 0 Å². The lowest BCUT2D eigenvalue weighted by Gasteiger charge is -2.32. The molecule has 0 bridgehead atoms. The molecule has 0 spiro atoms. The molecule has 0 unspecified atom stereocenters. The number of nitrogens with zero attached hydrogens (tertiary/aromatic N) is 2. The lowest BCUT2D eigenvalue weighted by atomic mass is 9.81. The summed E-state index contributed by atoms with van der Waals surface area (Å²) in [6.07, 6.45) is 3.29. The van der Waals surface area contributed by atoms with Crippen molar-refractivity contribution in [2.45, 2.75) is 45.1 Å². The van der Waals surface area contributed by atoms with E-state index in [1.807, 2.05) is 43.3 Å². The Labute approximate surface area is 250 Å². The Hall–Kier alpha value is -3.99. The fraction of sp³-hybridized carbons (Fsp3) is 0.355. The van der Waals surface area contributed by atoms with E-state index in [-0.39, 0.29) is 36.2 Å². The number of halogens is 1. The fourth-order valence-electron chi connectivity index (χ4n) is 5.64. The highest BCUT2D eigenvalue weighted by Crippen LogP contribution is 2.32. The van der Waals surface area contributed by atoms with E-state index in [1.165, 1.54) is 4.90 Å². The van der Waals surface area contributed by atoms with Crippen molar-refractivity contribution in [2.75, 3.05) is 18.6 Å². The summed E-state index contributed by atoms with van der Waals surface area (Å²) in [5.74, 6) is -0.0907. The van der Waals surface area contributed by atoms with Gasteiger partial charge in [0, 0.05) is 23.2 Å². The first-order chi connectivity index (χ1) is 19.8. The molecule has 0 saturated heterocycles. The number of aromatic amines is 2. The molecule has 2 heterocycles.